The van der Waals surface area contributed by atoms with Gasteiger partial charge in [-0.05, 0) is 60.2 Å². The molecule has 0 saturated carbocycles. The summed E-state index contributed by atoms with van der Waals surface area (Å²) in [6, 6.07) is 12.2. The van der Waals surface area contributed by atoms with E-state index in [2.05, 4.69) is 36.5 Å². The number of ether oxygens (including phenoxy) is 2. The summed E-state index contributed by atoms with van der Waals surface area (Å²) in [5, 5.41) is 13.9. The average Bonchev–Trinajstić information content (AvgIpc) is 3.15. The minimum Gasteiger partial charge on any atom is -0.504 e. The first kappa shape index (κ1) is 16.8. The second-order valence-corrected chi connectivity index (χ2v) is 7.00. The number of fused-ring (bicyclic) bond motifs is 3. The second-order valence-electron chi connectivity index (χ2n) is 7.00. The Morgan fingerprint density at radius 3 is 2.85 bits per heavy atom. The molecule has 2 aromatic carbocycles. The van der Waals surface area contributed by atoms with Gasteiger partial charge in [-0.3, -0.25) is 0 Å². The van der Waals surface area contributed by atoms with Gasteiger partial charge in [0, 0.05) is 11.6 Å². The molecule has 26 heavy (non-hydrogen) atoms. The van der Waals surface area contributed by atoms with Crippen LogP contribution in [0.2, 0.25) is 0 Å². The third-order valence-corrected chi connectivity index (χ3v) is 5.37. The maximum absolute atomic E-state index is 10.2. The predicted molar refractivity (Wildman–Crippen MR) is 103 cm³/mol. The van der Waals surface area contributed by atoms with Crippen LogP contribution in [0, 0.1) is 5.92 Å². The molecule has 3 atom stereocenters. The zero-order valence-electron chi connectivity index (χ0n) is 15.2. The van der Waals surface area contributed by atoms with Crippen molar-refractivity contribution in [3.8, 4) is 17.2 Å². The highest BCUT2D eigenvalue weighted by Crippen LogP contribution is 2.51. The highest BCUT2D eigenvalue weighted by atomic mass is 16.5. The third-order valence-electron chi connectivity index (χ3n) is 5.37. The van der Waals surface area contributed by atoms with Gasteiger partial charge < -0.3 is 19.9 Å². The Balaban J connectivity index is 1.68. The van der Waals surface area contributed by atoms with Gasteiger partial charge in [0.2, 0.25) is 0 Å². The normalized spacial score (nSPS) is 23.1. The van der Waals surface area contributed by atoms with Crippen LogP contribution < -0.4 is 14.8 Å². The van der Waals surface area contributed by atoms with Crippen LogP contribution in [0.15, 0.2) is 48.6 Å². The number of rotatable bonds is 5. The van der Waals surface area contributed by atoms with Crippen LogP contribution >= 0.6 is 0 Å². The zero-order valence-corrected chi connectivity index (χ0v) is 15.2. The maximum Gasteiger partial charge on any atom is 0.160 e. The van der Waals surface area contributed by atoms with E-state index in [1.54, 1.807) is 7.11 Å². The molecule has 1 aliphatic heterocycles. The third kappa shape index (κ3) is 2.90. The molecule has 136 valence electrons. The van der Waals surface area contributed by atoms with Gasteiger partial charge in [-0.2, -0.15) is 0 Å². The molecule has 0 bridgehead atoms. The van der Waals surface area contributed by atoms with Crippen molar-refractivity contribution in [1.29, 1.82) is 0 Å². The predicted octanol–water partition coefficient (Wildman–Crippen LogP) is 5.02. The van der Waals surface area contributed by atoms with E-state index in [-0.39, 0.29) is 11.8 Å². The van der Waals surface area contributed by atoms with E-state index in [1.165, 1.54) is 5.56 Å². The molecule has 1 aliphatic carbocycles. The molecule has 0 saturated heterocycles. The van der Waals surface area contributed by atoms with Crippen molar-refractivity contribution in [2.24, 2.45) is 5.92 Å². The van der Waals surface area contributed by atoms with Crippen molar-refractivity contribution in [2.75, 3.05) is 19.0 Å². The monoisotopic (exact) mass is 351 g/mol. The molecule has 2 N–H and O–H groups in total. The van der Waals surface area contributed by atoms with Gasteiger partial charge in [-0.1, -0.05) is 25.1 Å². The standard InChI is InChI=1S/C22H25NO3/c1-3-11-26-15-8-9-19-18(13-15)16-5-4-6-17(16)22(23-19)14-7-10-21(25-2)20(24)12-14/h4-5,7-10,12-13,16-17,22-24H,3,6,11H2,1-2H3. The summed E-state index contributed by atoms with van der Waals surface area (Å²) in [6.07, 6.45) is 6.60. The molecule has 0 fully saturated rings. The number of phenolic OH excluding ortho intramolecular Hbond substituents is 1. The van der Waals surface area contributed by atoms with E-state index >= 15 is 0 Å². The van der Waals surface area contributed by atoms with Crippen LogP contribution in [0.3, 0.4) is 0 Å². The molecule has 3 unspecified atom stereocenters. The lowest BCUT2D eigenvalue weighted by atomic mass is 9.77. The van der Waals surface area contributed by atoms with Gasteiger partial charge in [-0.15, -0.1) is 0 Å². The van der Waals surface area contributed by atoms with Crippen molar-refractivity contribution in [3.05, 3.63) is 59.7 Å². The number of nitrogens with one attached hydrogen (secondary N) is 1. The highest BCUT2D eigenvalue weighted by Gasteiger charge is 2.38. The molecule has 1 heterocycles. The van der Waals surface area contributed by atoms with Gasteiger partial charge >= 0.3 is 0 Å². The lowest BCUT2D eigenvalue weighted by Crippen LogP contribution is -2.29. The van der Waals surface area contributed by atoms with E-state index in [1.807, 2.05) is 24.3 Å². The van der Waals surface area contributed by atoms with E-state index < -0.39 is 0 Å². The highest BCUT2D eigenvalue weighted by molar-refractivity contribution is 5.62. The van der Waals surface area contributed by atoms with Gasteiger partial charge in [0.25, 0.3) is 0 Å². The summed E-state index contributed by atoms with van der Waals surface area (Å²) >= 11 is 0. The molecule has 4 heteroatoms. The van der Waals surface area contributed by atoms with Crippen molar-refractivity contribution in [2.45, 2.75) is 31.7 Å². The molecule has 4 rings (SSSR count). The number of allylic oxidation sites excluding steroid dienone is 2. The zero-order chi connectivity index (χ0) is 18.1. The van der Waals surface area contributed by atoms with Gasteiger partial charge in [0.15, 0.2) is 11.5 Å². The number of hydrogen-bond donors (Lipinski definition) is 2. The smallest absolute Gasteiger partial charge is 0.160 e. The Morgan fingerprint density at radius 2 is 2.08 bits per heavy atom. The Labute approximate surface area is 154 Å². The largest absolute Gasteiger partial charge is 0.504 e. The van der Waals surface area contributed by atoms with E-state index in [0.717, 1.165) is 36.4 Å². The minimum atomic E-state index is 0.154. The first-order valence-corrected chi connectivity index (χ1v) is 9.28. The van der Waals surface area contributed by atoms with E-state index in [0.29, 0.717) is 17.6 Å². The first-order valence-electron chi connectivity index (χ1n) is 9.28. The first-order chi connectivity index (χ1) is 12.7. The maximum atomic E-state index is 10.2. The fourth-order valence-electron chi connectivity index (χ4n) is 4.11. The van der Waals surface area contributed by atoms with Crippen LogP contribution in [0.5, 0.6) is 17.2 Å². The molecule has 0 aromatic heterocycles. The number of benzene rings is 2. The van der Waals surface area contributed by atoms with E-state index in [4.69, 9.17) is 9.47 Å². The van der Waals surface area contributed by atoms with Crippen molar-refractivity contribution < 1.29 is 14.6 Å². The SMILES string of the molecule is CCCOc1ccc2c(c1)C1C=CCC1C(c1ccc(OC)c(O)c1)N2. The molecule has 2 aromatic rings. The number of phenols is 1. The van der Waals surface area contributed by atoms with E-state index in [9.17, 15) is 5.11 Å². The Morgan fingerprint density at radius 1 is 1.19 bits per heavy atom. The summed E-state index contributed by atoms with van der Waals surface area (Å²) in [5.41, 5.74) is 3.52. The van der Waals surface area contributed by atoms with Gasteiger partial charge in [0.1, 0.15) is 5.75 Å². The van der Waals surface area contributed by atoms with Crippen molar-refractivity contribution in [3.63, 3.8) is 0 Å². The van der Waals surface area contributed by atoms with Crippen LogP contribution in [0.1, 0.15) is 42.9 Å². The minimum absolute atomic E-state index is 0.154. The Hall–Kier alpha value is -2.62. The van der Waals surface area contributed by atoms with Crippen LogP contribution in [0.25, 0.3) is 0 Å². The fourth-order valence-corrected chi connectivity index (χ4v) is 4.11. The summed E-state index contributed by atoms with van der Waals surface area (Å²) in [4.78, 5) is 0. The average molecular weight is 351 g/mol. The second kappa shape index (κ2) is 6.94. The van der Waals surface area contributed by atoms with Gasteiger partial charge in [0.05, 0.1) is 19.8 Å². The Bertz CT molecular complexity index is 830. The summed E-state index contributed by atoms with van der Waals surface area (Å²) < 4.78 is 11.0. The summed E-state index contributed by atoms with van der Waals surface area (Å²) in [6.45, 7) is 2.86. The lowest BCUT2D eigenvalue weighted by Gasteiger charge is -2.37. The summed E-state index contributed by atoms with van der Waals surface area (Å²) in [5.74, 6) is 2.42. The molecule has 0 spiro atoms. The molecule has 2 aliphatic rings. The summed E-state index contributed by atoms with van der Waals surface area (Å²) in [7, 11) is 1.57. The van der Waals surface area contributed by atoms with Gasteiger partial charge in [-0.25, -0.2) is 0 Å². The molecule has 0 amide bonds. The number of hydrogen-bond acceptors (Lipinski definition) is 4. The molecule has 4 nitrogen and oxygen atoms in total. The van der Waals surface area contributed by atoms with Crippen molar-refractivity contribution in [1.82, 2.24) is 0 Å². The fraction of sp³-hybridized carbons (Fsp3) is 0.364. The number of methoxy groups -OCH3 is 1. The lowest BCUT2D eigenvalue weighted by molar-refractivity contribution is 0.316. The van der Waals surface area contributed by atoms with Crippen LogP contribution in [-0.2, 0) is 0 Å². The molecular weight excluding hydrogens is 326 g/mol. The Kier molecular flexibility index (Phi) is 4.49. The number of anilines is 1. The van der Waals surface area contributed by atoms with Crippen molar-refractivity contribution >= 4 is 5.69 Å². The molecular formula is C22H25NO3. The van der Waals surface area contributed by atoms with Crippen LogP contribution in [0.4, 0.5) is 5.69 Å². The quantitative estimate of drug-likeness (QED) is 0.743. The van der Waals surface area contributed by atoms with Crippen LogP contribution in [-0.4, -0.2) is 18.8 Å². The number of aromatic hydroxyl groups is 1. The topological polar surface area (TPSA) is 50.7 Å². The molecule has 0 radical (unpaired) electrons.